The van der Waals surface area contributed by atoms with Gasteiger partial charge in [0, 0.05) is 28.4 Å². The van der Waals surface area contributed by atoms with Crippen LogP contribution in [0.3, 0.4) is 0 Å². The van der Waals surface area contributed by atoms with Crippen molar-refractivity contribution in [2.24, 2.45) is 17.8 Å². The van der Waals surface area contributed by atoms with Gasteiger partial charge in [-0.15, -0.1) is 0 Å². The van der Waals surface area contributed by atoms with Gasteiger partial charge in [-0.3, -0.25) is 24.6 Å². The van der Waals surface area contributed by atoms with E-state index in [0.717, 1.165) is 0 Å². The van der Waals surface area contributed by atoms with Crippen molar-refractivity contribution in [1.82, 2.24) is 10.2 Å². The van der Waals surface area contributed by atoms with Crippen LogP contribution in [0.15, 0.2) is 18.2 Å². The van der Waals surface area contributed by atoms with Gasteiger partial charge in [0.2, 0.25) is 17.7 Å². The molecule has 4 rings (SSSR count). The van der Waals surface area contributed by atoms with E-state index in [4.69, 9.17) is 11.6 Å². The van der Waals surface area contributed by atoms with Crippen LogP contribution in [0.4, 0.5) is 5.69 Å². The van der Waals surface area contributed by atoms with Gasteiger partial charge in [-0.25, -0.2) is 0 Å². The molecule has 3 heterocycles. The van der Waals surface area contributed by atoms with Gasteiger partial charge in [-0.05, 0) is 37.5 Å². The molecule has 5 atom stereocenters. The third kappa shape index (κ3) is 2.26. The predicted molar refractivity (Wildman–Crippen MR) is 102 cm³/mol. The zero-order valence-corrected chi connectivity index (χ0v) is 16.6. The number of rotatable bonds is 3. The number of halogens is 1. The van der Waals surface area contributed by atoms with Crippen molar-refractivity contribution in [3.8, 4) is 0 Å². The van der Waals surface area contributed by atoms with E-state index in [-0.39, 0.29) is 35.7 Å². The summed E-state index contributed by atoms with van der Waals surface area (Å²) in [7, 11) is 0. The van der Waals surface area contributed by atoms with Crippen LogP contribution in [0.25, 0.3) is 0 Å². The summed E-state index contributed by atoms with van der Waals surface area (Å²) in [5, 5.41) is 6.77. The lowest BCUT2D eigenvalue weighted by molar-refractivity contribution is -0.145. The Kier molecular flexibility index (Phi) is 4.13. The highest BCUT2D eigenvalue weighted by molar-refractivity contribution is 6.31. The first kappa shape index (κ1) is 18.4. The molecule has 3 aliphatic rings. The minimum atomic E-state index is -1.26. The van der Waals surface area contributed by atoms with Crippen molar-refractivity contribution in [2.45, 2.75) is 51.7 Å². The first-order chi connectivity index (χ1) is 12.7. The van der Waals surface area contributed by atoms with Crippen LogP contribution < -0.4 is 10.6 Å². The largest absolute Gasteiger partial charge is 0.324 e. The van der Waals surface area contributed by atoms with Crippen molar-refractivity contribution in [3.05, 3.63) is 28.8 Å². The molecule has 144 valence electrons. The van der Waals surface area contributed by atoms with Gasteiger partial charge in [-0.1, -0.05) is 32.4 Å². The average molecular weight is 390 g/mol. The smallest absolute Gasteiger partial charge is 0.250 e. The molecule has 1 aromatic rings. The number of benzene rings is 1. The molecule has 0 aromatic heterocycles. The number of hydrogen-bond donors (Lipinski definition) is 2. The summed E-state index contributed by atoms with van der Waals surface area (Å²) < 4.78 is 0. The van der Waals surface area contributed by atoms with E-state index in [2.05, 4.69) is 10.6 Å². The lowest BCUT2D eigenvalue weighted by atomic mass is 9.76. The molecule has 0 unspecified atom stereocenters. The van der Waals surface area contributed by atoms with Crippen LogP contribution in [0.5, 0.6) is 0 Å². The lowest BCUT2D eigenvalue weighted by Gasteiger charge is -2.31. The second-order valence-electron chi connectivity index (χ2n) is 8.17. The zero-order valence-electron chi connectivity index (χ0n) is 15.9. The molecule has 7 heteroatoms. The summed E-state index contributed by atoms with van der Waals surface area (Å²) in [4.78, 5) is 41.2. The molecule has 1 spiro atoms. The van der Waals surface area contributed by atoms with Crippen LogP contribution in [-0.2, 0) is 19.9 Å². The van der Waals surface area contributed by atoms with Gasteiger partial charge in [0.1, 0.15) is 5.54 Å². The van der Waals surface area contributed by atoms with E-state index < -0.39 is 17.4 Å². The van der Waals surface area contributed by atoms with Gasteiger partial charge >= 0.3 is 0 Å². The fourth-order valence-electron chi connectivity index (χ4n) is 4.92. The molecule has 2 fully saturated rings. The monoisotopic (exact) mass is 389 g/mol. The SMILES string of the molecule is CC[C@H](C)N1C(=O)[C@@H]2[C@@H](C(C)C)N[C@]3(C(=O)Nc4ccc(Cl)cc43)[C@@H]2C1=O. The molecule has 1 aromatic carbocycles. The number of anilines is 1. The highest BCUT2D eigenvalue weighted by Gasteiger charge is 2.71. The molecule has 0 saturated carbocycles. The maximum atomic E-state index is 13.4. The quantitative estimate of drug-likeness (QED) is 0.778. The van der Waals surface area contributed by atoms with E-state index in [0.29, 0.717) is 22.7 Å². The van der Waals surface area contributed by atoms with Crippen molar-refractivity contribution < 1.29 is 14.4 Å². The van der Waals surface area contributed by atoms with Crippen LogP contribution in [0.1, 0.15) is 39.7 Å². The van der Waals surface area contributed by atoms with Crippen molar-refractivity contribution >= 4 is 35.0 Å². The minimum absolute atomic E-state index is 0.0848. The molecular formula is C20H24ClN3O3. The van der Waals surface area contributed by atoms with Gasteiger partial charge in [-0.2, -0.15) is 0 Å². The summed E-state index contributed by atoms with van der Waals surface area (Å²) in [6.45, 7) is 7.83. The van der Waals surface area contributed by atoms with E-state index in [1.54, 1.807) is 18.2 Å². The summed E-state index contributed by atoms with van der Waals surface area (Å²) in [5.41, 5.74) is 0.0435. The maximum absolute atomic E-state index is 13.4. The second-order valence-corrected chi connectivity index (χ2v) is 8.61. The number of likely N-dealkylation sites (tertiary alicyclic amines) is 1. The Morgan fingerprint density at radius 1 is 1.19 bits per heavy atom. The fraction of sp³-hybridized carbons (Fsp3) is 0.550. The lowest BCUT2D eigenvalue weighted by Crippen LogP contribution is -2.54. The Bertz CT molecular complexity index is 855. The summed E-state index contributed by atoms with van der Waals surface area (Å²) >= 11 is 6.21. The highest BCUT2D eigenvalue weighted by atomic mass is 35.5. The van der Waals surface area contributed by atoms with E-state index in [1.807, 2.05) is 27.7 Å². The Hall–Kier alpha value is -1.92. The van der Waals surface area contributed by atoms with Crippen molar-refractivity contribution in [3.63, 3.8) is 0 Å². The first-order valence-electron chi connectivity index (χ1n) is 9.50. The van der Waals surface area contributed by atoms with Crippen LogP contribution in [0, 0.1) is 17.8 Å². The third-order valence-electron chi connectivity index (χ3n) is 6.40. The standard InChI is InChI=1S/C20H24ClN3O3/c1-5-10(4)24-17(25)14-15(18(24)26)20(23-16(14)9(2)3)12-8-11(21)6-7-13(12)22-19(20)27/h6-10,14-16,23H,5H2,1-4H3,(H,22,27)/t10-,14-,15-,16+,20-/m0/s1. The molecule has 2 saturated heterocycles. The first-order valence-corrected chi connectivity index (χ1v) is 9.87. The number of hydrogen-bond acceptors (Lipinski definition) is 4. The molecule has 0 radical (unpaired) electrons. The normalized spacial score (nSPS) is 33.0. The summed E-state index contributed by atoms with van der Waals surface area (Å²) in [6.07, 6.45) is 0.679. The third-order valence-corrected chi connectivity index (χ3v) is 6.63. The van der Waals surface area contributed by atoms with Gasteiger partial charge in [0.25, 0.3) is 0 Å². The number of fused-ring (bicyclic) bond motifs is 4. The number of amides is 3. The Morgan fingerprint density at radius 3 is 2.52 bits per heavy atom. The van der Waals surface area contributed by atoms with Crippen molar-refractivity contribution in [1.29, 1.82) is 0 Å². The van der Waals surface area contributed by atoms with Crippen LogP contribution >= 0.6 is 11.6 Å². The number of carbonyl (C=O) groups excluding carboxylic acids is 3. The predicted octanol–water partition coefficient (Wildman–Crippen LogP) is 2.51. The van der Waals surface area contributed by atoms with Gasteiger partial charge < -0.3 is 5.32 Å². The number of nitrogens with zero attached hydrogens (tertiary/aromatic N) is 1. The van der Waals surface area contributed by atoms with E-state index >= 15 is 0 Å². The fourth-order valence-corrected chi connectivity index (χ4v) is 5.09. The molecule has 2 N–H and O–H groups in total. The van der Waals surface area contributed by atoms with Crippen molar-refractivity contribution in [2.75, 3.05) is 5.32 Å². The number of carbonyl (C=O) groups is 3. The minimum Gasteiger partial charge on any atom is -0.324 e. The Morgan fingerprint density at radius 2 is 1.89 bits per heavy atom. The summed E-state index contributed by atoms with van der Waals surface area (Å²) in [6, 6.07) is 4.72. The van der Waals surface area contributed by atoms with Gasteiger partial charge in [0.05, 0.1) is 11.8 Å². The number of nitrogens with one attached hydrogen (secondary N) is 2. The molecule has 6 nitrogen and oxygen atoms in total. The Balaban J connectivity index is 1.92. The second kappa shape index (κ2) is 6.04. The topological polar surface area (TPSA) is 78.5 Å². The average Bonchev–Trinajstić information content (AvgIpc) is 3.20. The van der Waals surface area contributed by atoms with E-state index in [9.17, 15) is 14.4 Å². The summed E-state index contributed by atoms with van der Waals surface area (Å²) in [5.74, 6) is -1.96. The zero-order chi connectivity index (χ0) is 19.7. The molecule has 27 heavy (non-hydrogen) atoms. The molecular weight excluding hydrogens is 366 g/mol. The number of imide groups is 1. The van der Waals surface area contributed by atoms with E-state index in [1.165, 1.54) is 4.90 Å². The van der Waals surface area contributed by atoms with Crippen LogP contribution in [0.2, 0.25) is 5.02 Å². The molecule has 3 amide bonds. The maximum Gasteiger partial charge on any atom is 0.250 e. The van der Waals surface area contributed by atoms with Gasteiger partial charge in [0.15, 0.2) is 0 Å². The van der Waals surface area contributed by atoms with Crippen LogP contribution in [-0.4, -0.2) is 34.7 Å². The highest BCUT2D eigenvalue weighted by Crippen LogP contribution is 2.54. The molecule has 3 aliphatic heterocycles. The molecule has 0 aliphatic carbocycles. The Labute approximate surface area is 163 Å². The molecule has 0 bridgehead atoms.